The van der Waals surface area contributed by atoms with E-state index in [4.69, 9.17) is 11.6 Å². The topological polar surface area (TPSA) is 70.2 Å². The van der Waals surface area contributed by atoms with Crippen molar-refractivity contribution in [2.75, 3.05) is 10.6 Å². The molecule has 3 amide bonds. The minimum absolute atomic E-state index is 0.0155. The van der Waals surface area contributed by atoms with Crippen molar-refractivity contribution in [3.05, 3.63) is 58.6 Å². The first-order chi connectivity index (χ1) is 12.6. The lowest BCUT2D eigenvalue weighted by atomic mass is 10.2. The number of amides is 3. The van der Waals surface area contributed by atoms with Gasteiger partial charge < -0.3 is 16.0 Å². The van der Waals surface area contributed by atoms with Gasteiger partial charge in [0.2, 0.25) is 0 Å². The van der Waals surface area contributed by atoms with Gasteiger partial charge in [-0.05, 0) is 56.3 Å². The zero-order chi connectivity index (χ0) is 20.2. The summed E-state index contributed by atoms with van der Waals surface area (Å²) in [5, 5.41) is 7.44. The van der Waals surface area contributed by atoms with E-state index in [0.717, 1.165) is 18.2 Å². The predicted octanol–water partition coefficient (Wildman–Crippen LogP) is 5.14. The smallest absolute Gasteiger partial charge is 0.350 e. The van der Waals surface area contributed by atoms with Gasteiger partial charge in [-0.15, -0.1) is 0 Å². The van der Waals surface area contributed by atoms with Gasteiger partial charge in [-0.25, -0.2) is 4.79 Å². The second-order valence-corrected chi connectivity index (χ2v) is 6.38. The third-order valence-electron chi connectivity index (χ3n) is 3.37. The molecule has 144 valence electrons. The van der Waals surface area contributed by atoms with Crippen molar-refractivity contribution in [1.82, 2.24) is 5.32 Å². The van der Waals surface area contributed by atoms with Crippen LogP contribution in [0, 0.1) is 0 Å². The summed E-state index contributed by atoms with van der Waals surface area (Å²) in [7, 11) is 0. The first-order valence-electron chi connectivity index (χ1n) is 7.92. The zero-order valence-electron chi connectivity index (χ0n) is 14.4. The standard InChI is InChI=1S/C18H17ClF3N3O2/c1-10(2)23-16(26)11-3-6-13(7-4-11)24-17(27)25-15-9-12(18(20,21)22)5-8-14(15)19/h3-10H,1-2H3,(H,23,26)(H2,24,25,27). The molecule has 0 aliphatic heterocycles. The first kappa shape index (κ1) is 20.6. The third-order valence-corrected chi connectivity index (χ3v) is 3.70. The number of carbonyl (C=O) groups excluding carboxylic acids is 2. The van der Waals surface area contributed by atoms with Crippen molar-refractivity contribution in [1.29, 1.82) is 0 Å². The van der Waals surface area contributed by atoms with Gasteiger partial charge in [0, 0.05) is 17.3 Å². The summed E-state index contributed by atoms with van der Waals surface area (Å²) in [6.45, 7) is 3.66. The highest BCUT2D eigenvalue weighted by Gasteiger charge is 2.31. The highest BCUT2D eigenvalue weighted by atomic mass is 35.5. The Kier molecular flexibility index (Phi) is 6.32. The summed E-state index contributed by atoms with van der Waals surface area (Å²) in [6, 6.07) is 7.89. The number of hydrogen-bond donors (Lipinski definition) is 3. The van der Waals surface area contributed by atoms with Crippen LogP contribution in [-0.4, -0.2) is 18.0 Å². The lowest BCUT2D eigenvalue weighted by Gasteiger charge is -2.13. The van der Waals surface area contributed by atoms with Gasteiger partial charge in [0.1, 0.15) is 0 Å². The molecule has 0 spiro atoms. The molecule has 2 rings (SSSR count). The van der Waals surface area contributed by atoms with Gasteiger partial charge in [-0.3, -0.25) is 4.79 Å². The van der Waals surface area contributed by atoms with Crippen LogP contribution < -0.4 is 16.0 Å². The number of hydrogen-bond acceptors (Lipinski definition) is 2. The SMILES string of the molecule is CC(C)NC(=O)c1ccc(NC(=O)Nc2cc(C(F)(F)F)ccc2Cl)cc1. The molecule has 0 unspecified atom stereocenters. The number of nitrogens with one attached hydrogen (secondary N) is 3. The molecule has 0 atom stereocenters. The van der Waals surface area contributed by atoms with E-state index in [2.05, 4.69) is 16.0 Å². The minimum atomic E-state index is -4.55. The monoisotopic (exact) mass is 399 g/mol. The molecule has 0 aliphatic carbocycles. The van der Waals surface area contributed by atoms with E-state index in [1.807, 2.05) is 13.8 Å². The quantitative estimate of drug-likeness (QED) is 0.666. The van der Waals surface area contributed by atoms with Crippen molar-refractivity contribution >= 4 is 34.9 Å². The van der Waals surface area contributed by atoms with Gasteiger partial charge in [0.25, 0.3) is 5.91 Å². The van der Waals surface area contributed by atoms with E-state index in [1.54, 1.807) is 0 Å². The van der Waals surface area contributed by atoms with Crippen LogP contribution in [0.3, 0.4) is 0 Å². The fourth-order valence-electron chi connectivity index (χ4n) is 2.13. The largest absolute Gasteiger partial charge is 0.416 e. The maximum absolute atomic E-state index is 12.8. The van der Waals surface area contributed by atoms with Crippen LogP contribution in [0.2, 0.25) is 5.02 Å². The fraction of sp³-hybridized carbons (Fsp3) is 0.222. The van der Waals surface area contributed by atoms with Crippen LogP contribution in [0.5, 0.6) is 0 Å². The molecular weight excluding hydrogens is 383 g/mol. The van der Waals surface area contributed by atoms with Crippen LogP contribution in [0.25, 0.3) is 0 Å². The Morgan fingerprint density at radius 2 is 1.63 bits per heavy atom. The van der Waals surface area contributed by atoms with Gasteiger partial charge >= 0.3 is 12.2 Å². The molecule has 0 radical (unpaired) electrons. The normalized spacial score (nSPS) is 11.2. The van der Waals surface area contributed by atoms with Gasteiger partial charge in [-0.2, -0.15) is 13.2 Å². The number of anilines is 2. The first-order valence-corrected chi connectivity index (χ1v) is 8.29. The minimum Gasteiger partial charge on any atom is -0.350 e. The van der Waals surface area contributed by atoms with Crippen molar-refractivity contribution in [3.63, 3.8) is 0 Å². The van der Waals surface area contributed by atoms with Crippen LogP contribution in [0.1, 0.15) is 29.8 Å². The Morgan fingerprint density at radius 1 is 1.00 bits per heavy atom. The van der Waals surface area contributed by atoms with E-state index in [1.165, 1.54) is 24.3 Å². The molecule has 3 N–H and O–H groups in total. The van der Waals surface area contributed by atoms with Crippen LogP contribution in [0.15, 0.2) is 42.5 Å². The molecule has 2 aromatic rings. The van der Waals surface area contributed by atoms with Crippen LogP contribution in [-0.2, 0) is 6.18 Å². The molecule has 27 heavy (non-hydrogen) atoms. The van der Waals surface area contributed by atoms with Crippen molar-refractivity contribution in [2.45, 2.75) is 26.1 Å². The predicted molar refractivity (Wildman–Crippen MR) is 98.1 cm³/mol. The molecular formula is C18H17ClF3N3O2. The molecule has 0 saturated carbocycles. The van der Waals surface area contributed by atoms with Crippen molar-refractivity contribution < 1.29 is 22.8 Å². The number of rotatable bonds is 4. The number of urea groups is 1. The second kappa shape index (κ2) is 8.30. The zero-order valence-corrected chi connectivity index (χ0v) is 15.2. The fourth-order valence-corrected chi connectivity index (χ4v) is 2.30. The highest BCUT2D eigenvalue weighted by Crippen LogP contribution is 2.33. The van der Waals surface area contributed by atoms with E-state index in [-0.39, 0.29) is 22.7 Å². The maximum atomic E-state index is 12.8. The molecule has 0 aliphatic rings. The van der Waals surface area contributed by atoms with Crippen LogP contribution in [0.4, 0.5) is 29.3 Å². The molecule has 0 bridgehead atoms. The third kappa shape index (κ3) is 5.89. The van der Waals surface area contributed by atoms with Gasteiger partial charge in [0.15, 0.2) is 0 Å². The highest BCUT2D eigenvalue weighted by molar-refractivity contribution is 6.33. The van der Waals surface area contributed by atoms with Crippen molar-refractivity contribution in [2.24, 2.45) is 0 Å². The lowest BCUT2D eigenvalue weighted by Crippen LogP contribution is -2.30. The molecule has 0 heterocycles. The summed E-state index contributed by atoms with van der Waals surface area (Å²) < 4.78 is 38.3. The average molecular weight is 400 g/mol. The number of halogens is 4. The Balaban J connectivity index is 2.05. The summed E-state index contributed by atoms with van der Waals surface area (Å²) in [5.41, 5.74) is -0.327. The maximum Gasteiger partial charge on any atom is 0.416 e. The average Bonchev–Trinajstić information content (AvgIpc) is 2.55. The van der Waals surface area contributed by atoms with E-state index < -0.39 is 17.8 Å². The lowest BCUT2D eigenvalue weighted by molar-refractivity contribution is -0.137. The van der Waals surface area contributed by atoms with Gasteiger partial charge in [0.05, 0.1) is 16.3 Å². The van der Waals surface area contributed by atoms with E-state index >= 15 is 0 Å². The molecule has 9 heteroatoms. The Hall–Kier alpha value is -2.74. The van der Waals surface area contributed by atoms with E-state index in [0.29, 0.717) is 11.3 Å². The molecule has 2 aromatic carbocycles. The molecule has 0 aromatic heterocycles. The summed E-state index contributed by atoms with van der Waals surface area (Å²) in [4.78, 5) is 23.9. The van der Waals surface area contributed by atoms with Gasteiger partial charge in [-0.1, -0.05) is 11.6 Å². The summed E-state index contributed by atoms with van der Waals surface area (Å²) >= 11 is 5.84. The number of alkyl halides is 3. The molecule has 0 saturated heterocycles. The number of benzene rings is 2. The molecule has 5 nitrogen and oxygen atoms in total. The Morgan fingerprint density at radius 3 is 2.19 bits per heavy atom. The summed E-state index contributed by atoms with van der Waals surface area (Å²) in [6.07, 6.45) is -4.55. The Labute approximate surface area is 158 Å². The second-order valence-electron chi connectivity index (χ2n) is 5.98. The summed E-state index contributed by atoms with van der Waals surface area (Å²) in [5.74, 6) is -0.253. The number of carbonyl (C=O) groups is 2. The Bertz CT molecular complexity index is 837. The molecule has 0 fully saturated rings. The van der Waals surface area contributed by atoms with Crippen molar-refractivity contribution in [3.8, 4) is 0 Å². The van der Waals surface area contributed by atoms with E-state index in [9.17, 15) is 22.8 Å². The van der Waals surface area contributed by atoms with Crippen LogP contribution >= 0.6 is 11.6 Å².